The number of rotatable bonds is 5. The highest BCUT2D eigenvalue weighted by atomic mass is 32.2. The first kappa shape index (κ1) is 18.5. The molecule has 0 saturated carbocycles. The van der Waals surface area contributed by atoms with Crippen molar-refractivity contribution in [2.45, 2.75) is 18.7 Å². The molecule has 26 heavy (non-hydrogen) atoms. The molecule has 0 spiro atoms. The molecule has 8 nitrogen and oxygen atoms in total. The lowest BCUT2D eigenvalue weighted by atomic mass is 10.2. The molecule has 0 aliphatic carbocycles. The van der Waals surface area contributed by atoms with Gasteiger partial charge in [0, 0.05) is 37.9 Å². The Morgan fingerprint density at radius 2 is 1.69 bits per heavy atom. The van der Waals surface area contributed by atoms with Gasteiger partial charge in [-0.15, -0.1) is 0 Å². The molecule has 0 atom stereocenters. The first-order valence-corrected chi connectivity index (χ1v) is 9.81. The van der Waals surface area contributed by atoms with Crippen molar-refractivity contribution in [3.05, 3.63) is 29.6 Å². The van der Waals surface area contributed by atoms with E-state index in [1.807, 2.05) is 18.2 Å². The molecule has 1 fully saturated rings. The van der Waals surface area contributed by atoms with E-state index in [9.17, 15) is 8.42 Å². The summed E-state index contributed by atoms with van der Waals surface area (Å²) >= 11 is 0. The summed E-state index contributed by atoms with van der Waals surface area (Å²) < 4.78 is 38.0. The maximum atomic E-state index is 12.9. The van der Waals surface area contributed by atoms with E-state index in [-0.39, 0.29) is 4.90 Å². The minimum atomic E-state index is -3.54. The Labute approximate surface area is 153 Å². The van der Waals surface area contributed by atoms with Crippen LogP contribution >= 0.6 is 0 Å². The summed E-state index contributed by atoms with van der Waals surface area (Å²) in [5.74, 6) is 1.33. The third-order valence-electron chi connectivity index (χ3n) is 4.63. The second-order valence-electron chi connectivity index (χ2n) is 6.19. The van der Waals surface area contributed by atoms with Crippen LogP contribution in [0.4, 0.5) is 5.69 Å². The number of methoxy groups -OCH3 is 2. The number of H-pyrrole nitrogens is 1. The van der Waals surface area contributed by atoms with Gasteiger partial charge in [0.05, 0.1) is 25.6 Å². The molecular formula is C17H24N4O4S. The number of ether oxygens (including phenoxy) is 2. The molecule has 1 saturated heterocycles. The number of piperazine rings is 1. The van der Waals surface area contributed by atoms with Crippen molar-refractivity contribution < 1.29 is 17.9 Å². The van der Waals surface area contributed by atoms with E-state index in [4.69, 9.17) is 9.47 Å². The fraction of sp³-hybridized carbons (Fsp3) is 0.471. The van der Waals surface area contributed by atoms with Gasteiger partial charge in [0.15, 0.2) is 11.5 Å². The molecule has 0 radical (unpaired) electrons. The van der Waals surface area contributed by atoms with Crippen LogP contribution < -0.4 is 14.4 Å². The van der Waals surface area contributed by atoms with Gasteiger partial charge in [-0.05, 0) is 26.0 Å². The van der Waals surface area contributed by atoms with E-state index >= 15 is 0 Å². The molecule has 2 aromatic rings. The normalized spacial score (nSPS) is 15.9. The van der Waals surface area contributed by atoms with Crippen LogP contribution in [-0.4, -0.2) is 63.3 Å². The lowest BCUT2D eigenvalue weighted by molar-refractivity contribution is 0.354. The Bertz CT molecular complexity index is 867. The highest BCUT2D eigenvalue weighted by molar-refractivity contribution is 7.89. The van der Waals surface area contributed by atoms with Crippen molar-refractivity contribution >= 4 is 15.7 Å². The standard InChI is InChI=1S/C17H24N4O4S/c1-12-17(13(2)19-18-12)26(22,23)21-9-7-20(8-10-21)14-5-6-15(24-3)16(11-14)25-4/h5-6,11H,7-10H2,1-4H3,(H,18,19). The van der Waals surface area contributed by atoms with E-state index in [0.29, 0.717) is 49.1 Å². The molecule has 1 aliphatic rings. The van der Waals surface area contributed by atoms with Gasteiger partial charge in [0.2, 0.25) is 10.0 Å². The fourth-order valence-corrected chi connectivity index (χ4v) is 5.01. The molecule has 142 valence electrons. The van der Waals surface area contributed by atoms with Crippen LogP contribution in [0, 0.1) is 13.8 Å². The van der Waals surface area contributed by atoms with Crippen LogP contribution in [0.25, 0.3) is 0 Å². The summed E-state index contributed by atoms with van der Waals surface area (Å²) in [5, 5.41) is 6.76. The van der Waals surface area contributed by atoms with Crippen molar-refractivity contribution in [1.82, 2.24) is 14.5 Å². The zero-order chi connectivity index (χ0) is 18.9. The monoisotopic (exact) mass is 380 g/mol. The second-order valence-corrected chi connectivity index (χ2v) is 8.07. The van der Waals surface area contributed by atoms with Crippen LogP contribution in [0.5, 0.6) is 11.5 Å². The third kappa shape index (κ3) is 3.24. The zero-order valence-electron chi connectivity index (χ0n) is 15.4. The fourth-order valence-electron chi connectivity index (χ4n) is 3.26. The predicted molar refractivity (Wildman–Crippen MR) is 98.6 cm³/mol. The van der Waals surface area contributed by atoms with Crippen molar-refractivity contribution in [1.29, 1.82) is 0 Å². The van der Waals surface area contributed by atoms with E-state index in [1.165, 1.54) is 4.31 Å². The predicted octanol–water partition coefficient (Wildman–Crippen LogP) is 1.55. The molecule has 0 bridgehead atoms. The largest absolute Gasteiger partial charge is 0.493 e. The maximum Gasteiger partial charge on any atom is 0.246 e. The minimum Gasteiger partial charge on any atom is -0.493 e. The number of hydrogen-bond acceptors (Lipinski definition) is 6. The average molecular weight is 380 g/mol. The molecule has 1 N–H and O–H groups in total. The highest BCUT2D eigenvalue weighted by Crippen LogP contribution is 2.32. The van der Waals surface area contributed by atoms with Crippen molar-refractivity contribution in [3.63, 3.8) is 0 Å². The lowest BCUT2D eigenvalue weighted by Gasteiger charge is -2.35. The number of aromatic amines is 1. The van der Waals surface area contributed by atoms with E-state index in [0.717, 1.165) is 5.69 Å². The summed E-state index contributed by atoms with van der Waals surface area (Å²) in [7, 11) is -0.344. The number of nitrogens with zero attached hydrogens (tertiary/aromatic N) is 3. The molecule has 1 aliphatic heterocycles. The topological polar surface area (TPSA) is 87.8 Å². The number of sulfonamides is 1. The van der Waals surface area contributed by atoms with Crippen LogP contribution in [0.15, 0.2) is 23.1 Å². The van der Waals surface area contributed by atoms with E-state index in [2.05, 4.69) is 15.1 Å². The van der Waals surface area contributed by atoms with Gasteiger partial charge in [-0.3, -0.25) is 5.10 Å². The first-order valence-electron chi connectivity index (χ1n) is 8.37. The van der Waals surface area contributed by atoms with Gasteiger partial charge in [-0.2, -0.15) is 9.40 Å². The van der Waals surface area contributed by atoms with Gasteiger partial charge < -0.3 is 14.4 Å². The molecule has 3 rings (SSSR count). The number of hydrogen-bond donors (Lipinski definition) is 1. The van der Waals surface area contributed by atoms with Gasteiger partial charge in [0.25, 0.3) is 0 Å². The van der Waals surface area contributed by atoms with Crippen LogP contribution in [0.1, 0.15) is 11.4 Å². The molecular weight excluding hydrogens is 356 g/mol. The SMILES string of the molecule is COc1ccc(N2CCN(S(=O)(=O)c3c(C)n[nH]c3C)CC2)cc1OC. The molecule has 0 amide bonds. The minimum absolute atomic E-state index is 0.289. The maximum absolute atomic E-state index is 12.9. The van der Waals surface area contributed by atoms with Crippen molar-refractivity contribution in [3.8, 4) is 11.5 Å². The molecule has 1 aromatic carbocycles. The second kappa shape index (κ2) is 7.16. The molecule has 2 heterocycles. The summed E-state index contributed by atoms with van der Waals surface area (Å²) in [6.45, 7) is 5.47. The Hall–Kier alpha value is -2.26. The highest BCUT2D eigenvalue weighted by Gasteiger charge is 2.32. The van der Waals surface area contributed by atoms with Crippen LogP contribution in [0.3, 0.4) is 0 Å². The van der Waals surface area contributed by atoms with Crippen molar-refractivity contribution in [2.75, 3.05) is 45.3 Å². The zero-order valence-corrected chi connectivity index (χ0v) is 16.3. The number of aromatic nitrogens is 2. The quantitative estimate of drug-likeness (QED) is 0.847. The van der Waals surface area contributed by atoms with Gasteiger partial charge in [-0.25, -0.2) is 8.42 Å². The molecule has 0 unspecified atom stereocenters. The summed E-state index contributed by atoms with van der Waals surface area (Å²) in [6.07, 6.45) is 0. The smallest absolute Gasteiger partial charge is 0.246 e. The summed E-state index contributed by atoms with van der Waals surface area (Å²) in [6, 6.07) is 5.72. The number of nitrogens with one attached hydrogen (secondary N) is 1. The number of benzene rings is 1. The van der Waals surface area contributed by atoms with Gasteiger partial charge in [0.1, 0.15) is 4.90 Å². The number of aryl methyl sites for hydroxylation is 2. The Morgan fingerprint density at radius 3 is 2.23 bits per heavy atom. The van der Waals surface area contributed by atoms with Crippen LogP contribution in [-0.2, 0) is 10.0 Å². The summed E-state index contributed by atoms with van der Waals surface area (Å²) in [5.41, 5.74) is 2.06. The molecule has 1 aromatic heterocycles. The summed E-state index contributed by atoms with van der Waals surface area (Å²) in [4.78, 5) is 2.43. The first-order chi connectivity index (χ1) is 12.4. The van der Waals surface area contributed by atoms with Crippen LogP contribution in [0.2, 0.25) is 0 Å². The Morgan fingerprint density at radius 1 is 1.04 bits per heavy atom. The number of anilines is 1. The third-order valence-corrected chi connectivity index (χ3v) is 6.79. The van der Waals surface area contributed by atoms with Gasteiger partial charge in [-0.1, -0.05) is 0 Å². The Kier molecular flexibility index (Phi) is 5.10. The van der Waals surface area contributed by atoms with E-state index in [1.54, 1.807) is 28.1 Å². The Balaban J connectivity index is 1.75. The molecule has 9 heteroatoms. The average Bonchev–Trinajstić information content (AvgIpc) is 3.00. The van der Waals surface area contributed by atoms with E-state index < -0.39 is 10.0 Å². The van der Waals surface area contributed by atoms with Crippen molar-refractivity contribution in [2.24, 2.45) is 0 Å². The van der Waals surface area contributed by atoms with Gasteiger partial charge >= 0.3 is 0 Å². The lowest BCUT2D eigenvalue weighted by Crippen LogP contribution is -2.48.